The second-order valence-corrected chi connectivity index (χ2v) is 13.4. The van der Waals surface area contributed by atoms with Gasteiger partial charge in [0, 0.05) is 65.0 Å². The molecule has 11 rings (SSSR count). The molecule has 0 unspecified atom stereocenters. The van der Waals surface area contributed by atoms with Crippen LogP contribution in [-0.4, -0.2) is 4.98 Å². The van der Waals surface area contributed by atoms with Crippen molar-refractivity contribution in [1.29, 1.82) is 0 Å². The normalized spacial score (nSPS) is 12.1. The minimum Gasteiger partial charge on any atom is -0.456 e. The Hall–Kier alpha value is -6.37. The highest BCUT2D eigenvalue weighted by Crippen LogP contribution is 2.44. The summed E-state index contributed by atoms with van der Waals surface area (Å²) in [7, 11) is 0. The van der Waals surface area contributed by atoms with Gasteiger partial charge in [0.25, 0.3) is 0 Å². The van der Waals surface area contributed by atoms with Gasteiger partial charge in [0.2, 0.25) is 5.89 Å². The number of fused-ring (bicyclic) bond motifs is 11. The zero-order valence-corrected chi connectivity index (χ0v) is 26.7. The Balaban J connectivity index is 1.16. The minimum atomic E-state index is 0.589. The Bertz CT molecular complexity index is 3070. The van der Waals surface area contributed by atoms with Crippen LogP contribution in [-0.2, 0) is 0 Å². The highest BCUT2D eigenvalue weighted by atomic mass is 32.1. The van der Waals surface area contributed by atoms with Crippen molar-refractivity contribution in [2.45, 2.75) is 0 Å². The summed E-state index contributed by atoms with van der Waals surface area (Å²) in [5, 5.41) is 6.58. The van der Waals surface area contributed by atoms with Crippen LogP contribution in [0.1, 0.15) is 0 Å². The van der Waals surface area contributed by atoms with Crippen LogP contribution in [0.25, 0.3) is 86.6 Å². The van der Waals surface area contributed by atoms with Crippen LogP contribution < -0.4 is 4.90 Å². The van der Waals surface area contributed by atoms with Crippen molar-refractivity contribution in [3.05, 3.63) is 146 Å². The topological polar surface area (TPSA) is 55.6 Å². The van der Waals surface area contributed by atoms with Gasteiger partial charge in [-0.2, -0.15) is 0 Å². The first-order chi connectivity index (χ1) is 24.2. The largest absolute Gasteiger partial charge is 0.456 e. The molecule has 6 heteroatoms. The van der Waals surface area contributed by atoms with Crippen LogP contribution in [0, 0.1) is 0 Å². The number of aromatic nitrogens is 1. The van der Waals surface area contributed by atoms with Crippen molar-refractivity contribution in [2.24, 2.45) is 0 Å². The highest BCUT2D eigenvalue weighted by molar-refractivity contribution is 7.25. The summed E-state index contributed by atoms with van der Waals surface area (Å²) in [4.78, 5) is 7.14. The van der Waals surface area contributed by atoms with Gasteiger partial charge < -0.3 is 18.2 Å². The molecule has 0 aliphatic heterocycles. The molecule has 49 heavy (non-hydrogen) atoms. The van der Waals surface area contributed by atoms with Crippen LogP contribution in [0.4, 0.5) is 17.1 Å². The molecule has 0 saturated heterocycles. The van der Waals surface area contributed by atoms with E-state index in [4.69, 9.17) is 18.2 Å². The fraction of sp³-hybridized carbons (Fsp3) is 0. The molecule has 0 amide bonds. The molecule has 0 atom stereocenters. The first-order valence-corrected chi connectivity index (χ1v) is 17.0. The molecule has 0 spiro atoms. The van der Waals surface area contributed by atoms with Crippen molar-refractivity contribution >= 4 is 104 Å². The minimum absolute atomic E-state index is 0.589. The summed E-state index contributed by atoms with van der Waals surface area (Å²) in [6.07, 6.45) is 0. The number of nitrogens with zero attached hydrogens (tertiary/aromatic N) is 2. The van der Waals surface area contributed by atoms with Crippen molar-refractivity contribution in [1.82, 2.24) is 4.98 Å². The fourth-order valence-electron chi connectivity index (χ4n) is 7.23. The number of thiophene rings is 1. The monoisotopic (exact) mass is 648 g/mol. The van der Waals surface area contributed by atoms with Crippen molar-refractivity contribution in [3.8, 4) is 11.5 Å². The molecular formula is C43H24N2O3S. The lowest BCUT2D eigenvalue weighted by molar-refractivity contribution is 0.622. The average Bonchev–Trinajstić information content (AvgIpc) is 3.92. The van der Waals surface area contributed by atoms with Gasteiger partial charge in [-0.15, -0.1) is 11.3 Å². The number of hydrogen-bond acceptors (Lipinski definition) is 6. The molecule has 5 nitrogen and oxygen atoms in total. The lowest BCUT2D eigenvalue weighted by atomic mass is 10.1. The summed E-state index contributed by atoms with van der Waals surface area (Å²) in [5.41, 5.74) is 8.75. The molecule has 0 bridgehead atoms. The van der Waals surface area contributed by atoms with Crippen LogP contribution >= 0.6 is 11.3 Å². The van der Waals surface area contributed by atoms with Gasteiger partial charge in [0.05, 0.1) is 5.39 Å². The van der Waals surface area contributed by atoms with Gasteiger partial charge in [-0.1, -0.05) is 54.6 Å². The molecule has 0 radical (unpaired) electrons. The van der Waals surface area contributed by atoms with Gasteiger partial charge in [0.15, 0.2) is 5.58 Å². The first kappa shape index (κ1) is 26.7. The highest BCUT2D eigenvalue weighted by Gasteiger charge is 2.21. The average molecular weight is 649 g/mol. The molecule has 0 saturated carbocycles. The number of rotatable bonds is 4. The number of hydrogen-bond donors (Lipinski definition) is 0. The smallest absolute Gasteiger partial charge is 0.227 e. The van der Waals surface area contributed by atoms with Crippen LogP contribution in [0.3, 0.4) is 0 Å². The standard InChI is InChI=1S/C43H24N2O3S/c1-2-8-25(9-3-1)43-44-34-18-20-37-41(42(34)48-43)33-23-26(15-19-36(33)46-37)45(27-16-21-40-32(22-27)31-11-5-7-13-39(31)49-40)28-14-17-30-29-10-4-6-12-35(29)47-38(30)24-28/h1-24H. The summed E-state index contributed by atoms with van der Waals surface area (Å²) in [6, 6.07) is 50.4. The van der Waals surface area contributed by atoms with Crippen LogP contribution in [0.5, 0.6) is 0 Å². The molecule has 4 heterocycles. The molecule has 0 N–H and O–H groups in total. The van der Waals surface area contributed by atoms with Gasteiger partial charge in [-0.25, -0.2) is 4.98 Å². The van der Waals surface area contributed by atoms with E-state index >= 15 is 0 Å². The SMILES string of the molecule is c1ccc(-c2nc3ccc4oc5ccc(N(c6ccc7c(c6)oc6ccccc67)c6ccc7sc8ccccc8c7c6)cc5c4c3o2)cc1. The molecule has 0 fully saturated rings. The molecule has 11 aromatic rings. The van der Waals surface area contributed by atoms with Crippen molar-refractivity contribution in [2.75, 3.05) is 4.90 Å². The number of para-hydroxylation sites is 1. The second-order valence-electron chi connectivity index (χ2n) is 12.3. The maximum absolute atomic E-state index is 6.46. The third-order valence-electron chi connectivity index (χ3n) is 9.49. The van der Waals surface area contributed by atoms with Crippen molar-refractivity contribution in [3.63, 3.8) is 0 Å². The molecule has 230 valence electrons. The lowest BCUT2D eigenvalue weighted by Gasteiger charge is -2.25. The Labute approximate surface area is 282 Å². The van der Waals surface area contributed by atoms with E-state index in [9.17, 15) is 0 Å². The predicted molar refractivity (Wildman–Crippen MR) is 202 cm³/mol. The lowest BCUT2D eigenvalue weighted by Crippen LogP contribution is -2.09. The third-order valence-corrected chi connectivity index (χ3v) is 10.6. The number of oxazole rings is 1. The van der Waals surface area contributed by atoms with Gasteiger partial charge in [0.1, 0.15) is 27.8 Å². The quantitative estimate of drug-likeness (QED) is 0.190. The molecule has 0 aliphatic carbocycles. The number of benzene rings is 7. The zero-order chi connectivity index (χ0) is 32.1. The second kappa shape index (κ2) is 10.1. The van der Waals surface area contributed by atoms with Crippen molar-refractivity contribution < 1.29 is 13.3 Å². The van der Waals surface area contributed by atoms with Gasteiger partial charge in [-0.05, 0) is 84.9 Å². The van der Waals surface area contributed by atoms with Crippen LogP contribution in [0.2, 0.25) is 0 Å². The molecular weight excluding hydrogens is 625 g/mol. The Morgan fingerprint density at radius 3 is 2.02 bits per heavy atom. The Morgan fingerprint density at radius 2 is 1.10 bits per heavy atom. The molecule has 0 aliphatic rings. The molecule has 7 aromatic carbocycles. The summed E-state index contributed by atoms with van der Waals surface area (Å²) in [6.45, 7) is 0. The van der Waals surface area contributed by atoms with E-state index in [1.807, 2.05) is 65.9 Å². The first-order valence-electron chi connectivity index (χ1n) is 16.2. The maximum Gasteiger partial charge on any atom is 0.227 e. The van der Waals surface area contributed by atoms with E-state index in [0.717, 1.165) is 72.0 Å². The third kappa shape index (κ3) is 4.01. The zero-order valence-electron chi connectivity index (χ0n) is 25.9. The Morgan fingerprint density at radius 1 is 0.449 bits per heavy atom. The molecule has 4 aromatic heterocycles. The van der Waals surface area contributed by atoms with Crippen LogP contribution in [0.15, 0.2) is 159 Å². The van der Waals surface area contributed by atoms with E-state index in [1.165, 1.54) is 20.2 Å². The fourth-order valence-corrected chi connectivity index (χ4v) is 8.32. The number of anilines is 3. The van der Waals surface area contributed by atoms with E-state index in [0.29, 0.717) is 11.5 Å². The summed E-state index contributed by atoms with van der Waals surface area (Å²) >= 11 is 1.82. The number of furan rings is 2. The maximum atomic E-state index is 6.46. The predicted octanol–water partition coefficient (Wildman–Crippen LogP) is 13.1. The summed E-state index contributed by atoms with van der Waals surface area (Å²) < 4.78 is 21.8. The van der Waals surface area contributed by atoms with Gasteiger partial charge >= 0.3 is 0 Å². The summed E-state index contributed by atoms with van der Waals surface area (Å²) in [5.74, 6) is 0.589. The Kier molecular flexibility index (Phi) is 5.48. The van der Waals surface area contributed by atoms with E-state index in [1.54, 1.807) is 0 Å². The van der Waals surface area contributed by atoms with Gasteiger partial charge in [-0.3, -0.25) is 0 Å². The van der Waals surface area contributed by atoms with E-state index in [-0.39, 0.29) is 0 Å². The van der Waals surface area contributed by atoms with E-state index < -0.39 is 0 Å². The van der Waals surface area contributed by atoms with E-state index in [2.05, 4.69) is 95.9 Å².